The standard InChI is InChI=1S/C15H16N2O2S/c1-10(13-6-3-9-20-13)17-15(18)11-4-2-5-12-14(11)19-8-7-16-12/h2-6,9-10,16H,7-8H2,1H3,(H,17,18)/t10-/m1/s1. The molecular formula is C15H16N2O2S. The van der Waals surface area contributed by atoms with Gasteiger partial charge in [-0.1, -0.05) is 12.1 Å². The van der Waals surface area contributed by atoms with Gasteiger partial charge in [-0.15, -0.1) is 11.3 Å². The third-order valence-electron chi connectivity index (χ3n) is 3.24. The lowest BCUT2D eigenvalue weighted by atomic mass is 10.1. The summed E-state index contributed by atoms with van der Waals surface area (Å²) in [5.74, 6) is 0.543. The fraction of sp³-hybridized carbons (Fsp3) is 0.267. The van der Waals surface area contributed by atoms with Crippen LogP contribution in [0.3, 0.4) is 0 Å². The van der Waals surface area contributed by atoms with Crippen molar-refractivity contribution < 1.29 is 9.53 Å². The highest BCUT2D eigenvalue weighted by Crippen LogP contribution is 2.31. The maximum Gasteiger partial charge on any atom is 0.255 e. The molecule has 2 N–H and O–H groups in total. The molecule has 1 amide bonds. The Hall–Kier alpha value is -2.01. The number of hydrogen-bond donors (Lipinski definition) is 2. The minimum atomic E-state index is -0.105. The molecule has 0 aliphatic carbocycles. The van der Waals surface area contributed by atoms with Gasteiger partial charge in [0, 0.05) is 11.4 Å². The molecule has 4 nitrogen and oxygen atoms in total. The number of nitrogens with one attached hydrogen (secondary N) is 2. The summed E-state index contributed by atoms with van der Waals surface area (Å²) in [6.07, 6.45) is 0. The highest BCUT2D eigenvalue weighted by Gasteiger charge is 2.20. The van der Waals surface area contributed by atoms with E-state index in [1.165, 1.54) is 0 Å². The number of rotatable bonds is 3. The van der Waals surface area contributed by atoms with E-state index in [2.05, 4.69) is 10.6 Å². The van der Waals surface area contributed by atoms with E-state index in [4.69, 9.17) is 4.74 Å². The summed E-state index contributed by atoms with van der Waals surface area (Å²) in [5, 5.41) is 8.26. The van der Waals surface area contributed by atoms with Crippen molar-refractivity contribution in [3.63, 3.8) is 0 Å². The van der Waals surface area contributed by atoms with Crippen LogP contribution in [0.1, 0.15) is 28.2 Å². The lowest BCUT2D eigenvalue weighted by Gasteiger charge is -2.22. The summed E-state index contributed by atoms with van der Waals surface area (Å²) in [6.45, 7) is 3.33. The zero-order valence-electron chi connectivity index (χ0n) is 11.2. The summed E-state index contributed by atoms with van der Waals surface area (Å²) < 4.78 is 5.63. The Bertz CT molecular complexity index is 610. The van der Waals surface area contributed by atoms with E-state index in [0.717, 1.165) is 17.1 Å². The van der Waals surface area contributed by atoms with Crippen LogP contribution in [0.25, 0.3) is 0 Å². The van der Waals surface area contributed by atoms with Gasteiger partial charge in [-0.3, -0.25) is 4.79 Å². The van der Waals surface area contributed by atoms with E-state index >= 15 is 0 Å². The van der Waals surface area contributed by atoms with E-state index in [-0.39, 0.29) is 11.9 Å². The molecule has 0 bridgehead atoms. The second-order valence-electron chi connectivity index (χ2n) is 4.67. The summed E-state index contributed by atoms with van der Waals surface area (Å²) in [7, 11) is 0. The molecule has 2 heterocycles. The monoisotopic (exact) mass is 288 g/mol. The first-order valence-electron chi connectivity index (χ1n) is 6.59. The quantitative estimate of drug-likeness (QED) is 0.912. The molecule has 2 aromatic rings. The average Bonchev–Trinajstić information content (AvgIpc) is 3.01. The van der Waals surface area contributed by atoms with E-state index in [1.54, 1.807) is 17.4 Å². The van der Waals surface area contributed by atoms with Gasteiger partial charge in [0.15, 0.2) is 5.75 Å². The Labute approximate surface area is 121 Å². The maximum absolute atomic E-state index is 12.4. The van der Waals surface area contributed by atoms with E-state index in [1.807, 2.05) is 36.6 Å². The molecule has 0 saturated heterocycles. The number of benzene rings is 1. The van der Waals surface area contributed by atoms with Crippen molar-refractivity contribution in [3.8, 4) is 5.75 Å². The van der Waals surface area contributed by atoms with Crippen LogP contribution in [0.5, 0.6) is 5.75 Å². The number of carbonyl (C=O) groups excluding carboxylic acids is 1. The SMILES string of the molecule is C[C@@H](NC(=O)c1cccc2c1OCCN2)c1cccs1. The van der Waals surface area contributed by atoms with Gasteiger partial charge in [-0.25, -0.2) is 0 Å². The number of hydrogen-bond acceptors (Lipinski definition) is 4. The molecule has 0 radical (unpaired) electrons. The summed E-state index contributed by atoms with van der Waals surface area (Å²) in [5.41, 5.74) is 1.46. The molecule has 3 rings (SSSR count). The molecule has 1 aromatic heterocycles. The molecule has 20 heavy (non-hydrogen) atoms. The highest BCUT2D eigenvalue weighted by molar-refractivity contribution is 7.10. The second-order valence-corrected chi connectivity index (χ2v) is 5.65. The highest BCUT2D eigenvalue weighted by atomic mass is 32.1. The smallest absolute Gasteiger partial charge is 0.255 e. The molecule has 0 spiro atoms. The van der Waals surface area contributed by atoms with Crippen molar-refractivity contribution in [1.82, 2.24) is 5.32 Å². The lowest BCUT2D eigenvalue weighted by molar-refractivity contribution is 0.0936. The normalized spacial score (nSPS) is 14.7. The minimum Gasteiger partial charge on any atom is -0.489 e. The van der Waals surface area contributed by atoms with Crippen molar-refractivity contribution in [2.75, 3.05) is 18.5 Å². The number of thiophene rings is 1. The van der Waals surface area contributed by atoms with Gasteiger partial charge in [-0.2, -0.15) is 0 Å². The molecule has 0 fully saturated rings. The number of anilines is 1. The molecule has 1 aliphatic heterocycles. The van der Waals surface area contributed by atoms with Crippen molar-refractivity contribution in [2.45, 2.75) is 13.0 Å². The molecule has 1 atom stereocenters. The third kappa shape index (κ3) is 2.49. The van der Waals surface area contributed by atoms with Crippen LogP contribution in [0.4, 0.5) is 5.69 Å². The van der Waals surface area contributed by atoms with Gasteiger partial charge in [0.1, 0.15) is 6.61 Å². The summed E-state index contributed by atoms with van der Waals surface area (Å²) >= 11 is 1.64. The maximum atomic E-state index is 12.4. The fourth-order valence-electron chi connectivity index (χ4n) is 2.23. The van der Waals surface area contributed by atoms with Gasteiger partial charge in [-0.05, 0) is 30.5 Å². The molecule has 1 aromatic carbocycles. The van der Waals surface area contributed by atoms with E-state index < -0.39 is 0 Å². The van der Waals surface area contributed by atoms with Crippen LogP contribution < -0.4 is 15.4 Å². The number of fused-ring (bicyclic) bond motifs is 1. The Kier molecular flexibility index (Phi) is 3.60. The molecule has 5 heteroatoms. The van der Waals surface area contributed by atoms with Crippen LogP contribution in [-0.2, 0) is 0 Å². The molecule has 104 valence electrons. The largest absolute Gasteiger partial charge is 0.489 e. The van der Waals surface area contributed by atoms with Gasteiger partial charge in [0.05, 0.1) is 17.3 Å². The topological polar surface area (TPSA) is 50.4 Å². The van der Waals surface area contributed by atoms with E-state index in [0.29, 0.717) is 17.9 Å². The first kappa shape index (κ1) is 13.0. The molecule has 0 unspecified atom stereocenters. The zero-order valence-corrected chi connectivity index (χ0v) is 12.0. The molecule has 0 saturated carbocycles. The first-order valence-corrected chi connectivity index (χ1v) is 7.47. The van der Waals surface area contributed by atoms with Crippen LogP contribution in [0.15, 0.2) is 35.7 Å². The minimum absolute atomic E-state index is 0.00472. The Morgan fingerprint density at radius 3 is 3.10 bits per heavy atom. The first-order chi connectivity index (χ1) is 9.75. The van der Waals surface area contributed by atoms with Crippen LogP contribution in [0, 0.1) is 0 Å². The summed E-state index contributed by atoms with van der Waals surface area (Å²) in [6, 6.07) is 9.59. The number of amides is 1. The van der Waals surface area contributed by atoms with Crippen LogP contribution >= 0.6 is 11.3 Å². The van der Waals surface area contributed by atoms with E-state index in [9.17, 15) is 4.79 Å². The van der Waals surface area contributed by atoms with Crippen molar-refractivity contribution in [3.05, 3.63) is 46.2 Å². The van der Waals surface area contributed by atoms with Crippen LogP contribution in [0.2, 0.25) is 0 Å². The van der Waals surface area contributed by atoms with Gasteiger partial charge >= 0.3 is 0 Å². The number of carbonyl (C=O) groups is 1. The zero-order chi connectivity index (χ0) is 13.9. The number of para-hydroxylation sites is 1. The van der Waals surface area contributed by atoms with Gasteiger partial charge in [0.25, 0.3) is 5.91 Å². The van der Waals surface area contributed by atoms with Gasteiger partial charge < -0.3 is 15.4 Å². The summed E-state index contributed by atoms with van der Waals surface area (Å²) in [4.78, 5) is 13.5. The third-order valence-corrected chi connectivity index (χ3v) is 4.30. The lowest BCUT2D eigenvalue weighted by Crippen LogP contribution is -2.28. The second kappa shape index (κ2) is 5.54. The molecule has 1 aliphatic rings. The van der Waals surface area contributed by atoms with Crippen molar-refractivity contribution >= 4 is 22.9 Å². The van der Waals surface area contributed by atoms with Crippen molar-refractivity contribution in [2.24, 2.45) is 0 Å². The Morgan fingerprint density at radius 1 is 1.40 bits per heavy atom. The molecular weight excluding hydrogens is 272 g/mol. The van der Waals surface area contributed by atoms with Crippen LogP contribution in [-0.4, -0.2) is 19.1 Å². The number of ether oxygens (including phenoxy) is 1. The Morgan fingerprint density at radius 2 is 2.30 bits per heavy atom. The average molecular weight is 288 g/mol. The predicted molar refractivity (Wildman–Crippen MR) is 80.6 cm³/mol. The fourth-order valence-corrected chi connectivity index (χ4v) is 2.97. The predicted octanol–water partition coefficient (Wildman–Crippen LogP) is 3.04. The Balaban J connectivity index is 1.81. The van der Waals surface area contributed by atoms with Crippen molar-refractivity contribution in [1.29, 1.82) is 0 Å². The van der Waals surface area contributed by atoms with Gasteiger partial charge in [0.2, 0.25) is 0 Å².